The van der Waals surface area contributed by atoms with E-state index in [1.54, 1.807) is 58.9 Å². The first kappa shape index (κ1) is 42.0. The lowest BCUT2D eigenvalue weighted by molar-refractivity contribution is -0.153. The average Bonchev–Trinajstić information content (AvgIpc) is 2.98. The Hall–Kier alpha value is -4.01. The molecule has 0 saturated carbocycles. The highest BCUT2D eigenvalue weighted by Crippen LogP contribution is 2.19. The average molecular weight is 695 g/mol. The summed E-state index contributed by atoms with van der Waals surface area (Å²) in [5.41, 5.74) is 5.60. The molecule has 0 aliphatic heterocycles. The minimum atomic E-state index is -0.986. The quantitative estimate of drug-likeness (QED) is 0.0764. The summed E-state index contributed by atoms with van der Waals surface area (Å²) >= 11 is 4.44. The van der Waals surface area contributed by atoms with E-state index in [0.717, 1.165) is 0 Å². The van der Waals surface area contributed by atoms with Gasteiger partial charge >= 0.3 is 18.1 Å². The van der Waals surface area contributed by atoms with Gasteiger partial charge in [-0.3, -0.25) is 19.2 Å². The molecule has 15 heteroatoms. The second kappa shape index (κ2) is 19.7. The predicted molar refractivity (Wildman–Crippen MR) is 186 cm³/mol. The molecule has 1 rings (SSSR count). The molecular formula is C33H54N6O8S. The first-order valence-electron chi connectivity index (χ1n) is 16.0. The fourth-order valence-corrected chi connectivity index (χ4v) is 4.11. The van der Waals surface area contributed by atoms with E-state index in [1.165, 1.54) is 11.9 Å². The van der Waals surface area contributed by atoms with Crippen molar-refractivity contribution in [1.29, 1.82) is 0 Å². The zero-order valence-corrected chi connectivity index (χ0v) is 30.3. The van der Waals surface area contributed by atoms with Gasteiger partial charge < -0.3 is 41.4 Å². The number of anilines is 1. The van der Waals surface area contributed by atoms with Crippen LogP contribution >= 0.6 is 12.6 Å². The van der Waals surface area contributed by atoms with Crippen molar-refractivity contribution in [3.63, 3.8) is 0 Å². The maximum atomic E-state index is 13.3. The molecule has 270 valence electrons. The van der Waals surface area contributed by atoms with Crippen molar-refractivity contribution in [2.75, 3.05) is 32.1 Å². The van der Waals surface area contributed by atoms with Crippen molar-refractivity contribution in [2.24, 2.45) is 17.1 Å². The lowest BCUT2D eigenvalue weighted by Crippen LogP contribution is -2.54. The maximum Gasteiger partial charge on any atom is 0.409 e. The van der Waals surface area contributed by atoms with Crippen LogP contribution in [0.2, 0.25) is 0 Å². The Labute approximate surface area is 289 Å². The van der Waals surface area contributed by atoms with Gasteiger partial charge in [0, 0.05) is 30.4 Å². The molecule has 0 saturated heterocycles. The number of ether oxygens (including phenoxy) is 2. The van der Waals surface area contributed by atoms with Gasteiger partial charge in [0.25, 0.3) is 0 Å². The number of esters is 1. The summed E-state index contributed by atoms with van der Waals surface area (Å²) in [5, 5.41) is 10.8. The van der Waals surface area contributed by atoms with Crippen molar-refractivity contribution in [1.82, 2.24) is 20.9 Å². The molecule has 0 spiro atoms. The Bertz CT molecular complexity index is 1240. The van der Waals surface area contributed by atoms with E-state index in [9.17, 15) is 28.8 Å². The Kier molecular flexibility index (Phi) is 17.3. The second-order valence-corrected chi connectivity index (χ2v) is 14.9. The monoisotopic (exact) mass is 694 g/mol. The Balaban J connectivity index is 2.82. The molecule has 1 aromatic carbocycles. The number of thiol groups is 1. The lowest BCUT2D eigenvalue weighted by Gasteiger charge is -2.26. The number of carbonyl (C=O) groups excluding carboxylic acids is 6. The van der Waals surface area contributed by atoms with Gasteiger partial charge in [-0.05, 0) is 63.6 Å². The summed E-state index contributed by atoms with van der Waals surface area (Å²) in [7, 11) is 1.53. The second-order valence-electron chi connectivity index (χ2n) is 13.6. The molecule has 48 heavy (non-hydrogen) atoms. The summed E-state index contributed by atoms with van der Waals surface area (Å²) < 4.78 is 10.2. The molecule has 0 aliphatic carbocycles. The van der Waals surface area contributed by atoms with Crippen LogP contribution in [-0.2, 0) is 35.3 Å². The normalized spacial score (nSPS) is 12.7. The van der Waals surface area contributed by atoms with Crippen LogP contribution in [0.25, 0.3) is 0 Å². The molecule has 6 amide bonds. The number of likely N-dealkylation sites (N-methyl/N-ethyl adjacent to an activating group) is 1. The predicted octanol–water partition coefficient (Wildman–Crippen LogP) is 3.35. The number of nitrogens with zero attached hydrogens (tertiary/aromatic N) is 1. The molecule has 2 atom stereocenters. The number of rotatable bonds is 18. The first-order chi connectivity index (χ1) is 22.2. The van der Waals surface area contributed by atoms with E-state index in [1.807, 2.05) is 13.8 Å². The highest BCUT2D eigenvalue weighted by molar-refractivity contribution is 7.81. The number of amides is 6. The molecular weight excluding hydrogens is 640 g/mol. The van der Waals surface area contributed by atoms with Crippen molar-refractivity contribution in [3.05, 3.63) is 29.8 Å². The number of primary amides is 1. The van der Waals surface area contributed by atoms with E-state index in [-0.39, 0.29) is 61.7 Å². The number of nitrogens with one attached hydrogen (secondary N) is 4. The van der Waals surface area contributed by atoms with Crippen LogP contribution in [0.4, 0.5) is 15.3 Å². The topological polar surface area (TPSA) is 198 Å². The molecule has 14 nitrogen and oxygen atoms in total. The number of hydrogen-bond acceptors (Lipinski definition) is 9. The van der Waals surface area contributed by atoms with Crippen molar-refractivity contribution in [2.45, 2.75) is 97.6 Å². The summed E-state index contributed by atoms with van der Waals surface area (Å²) in [6, 6.07) is 4.05. The largest absolute Gasteiger partial charge is 0.463 e. The Morgan fingerprint density at radius 2 is 1.56 bits per heavy atom. The molecule has 1 aromatic rings. The van der Waals surface area contributed by atoms with Crippen LogP contribution < -0.4 is 27.0 Å². The minimum absolute atomic E-state index is 0.0292. The van der Waals surface area contributed by atoms with E-state index in [4.69, 9.17) is 15.2 Å². The minimum Gasteiger partial charge on any atom is -0.463 e. The fourth-order valence-electron chi connectivity index (χ4n) is 4.00. The number of urea groups is 1. The van der Waals surface area contributed by atoms with Crippen LogP contribution in [0.1, 0.15) is 79.7 Å². The standard InChI is InChI=1S/C33H54N6O8S/c1-21(2)26(38-25(40)15-16-33(6,7)48)28(42)37-24(10-9-17-35-30(34)44)27(41)36-23-13-11-22(12-14-23)20-47-31(45)39(8)18-19-46-29(43)32(3,4)5/h11-14,21,24,26,48H,9-10,15-20H2,1-8H3,(H,36,41)(H,37,42)(H,38,40)(H3,34,35,44)/t24-,26-/m0/s1. The SMILES string of the molecule is CC(C)[C@H](NC(=O)CCC(C)(C)S)C(=O)N[C@@H](CCCNC(N)=O)C(=O)Nc1ccc(COC(=O)N(C)CCOC(=O)C(C)(C)C)cc1. The Morgan fingerprint density at radius 3 is 2.10 bits per heavy atom. The fraction of sp³-hybridized carbons (Fsp3) is 0.636. The van der Waals surface area contributed by atoms with Crippen molar-refractivity contribution >= 4 is 54.1 Å². The van der Waals surface area contributed by atoms with Gasteiger partial charge in [-0.1, -0.05) is 39.8 Å². The van der Waals surface area contributed by atoms with Gasteiger partial charge in [0.15, 0.2) is 0 Å². The molecule has 0 radical (unpaired) electrons. The maximum absolute atomic E-state index is 13.3. The van der Waals surface area contributed by atoms with E-state index in [2.05, 4.69) is 33.9 Å². The summed E-state index contributed by atoms with van der Waals surface area (Å²) in [5.74, 6) is -1.93. The van der Waals surface area contributed by atoms with Crippen molar-refractivity contribution < 1.29 is 38.2 Å². The first-order valence-corrected chi connectivity index (χ1v) is 16.4. The molecule has 0 fully saturated rings. The van der Waals surface area contributed by atoms with Crippen molar-refractivity contribution in [3.8, 4) is 0 Å². The molecule has 0 unspecified atom stereocenters. The van der Waals surface area contributed by atoms with Crippen LogP contribution in [0.15, 0.2) is 24.3 Å². The van der Waals surface area contributed by atoms with E-state index < -0.39 is 41.4 Å². The van der Waals surface area contributed by atoms with Gasteiger partial charge in [-0.25, -0.2) is 9.59 Å². The molecule has 0 aliphatic rings. The van der Waals surface area contributed by atoms with E-state index >= 15 is 0 Å². The number of hydrogen-bond donors (Lipinski definition) is 6. The summed E-state index contributed by atoms with van der Waals surface area (Å²) in [6.07, 6.45) is 0.637. The number of nitrogens with two attached hydrogens (primary N) is 1. The molecule has 0 heterocycles. The van der Waals surface area contributed by atoms with Crippen LogP contribution in [0.3, 0.4) is 0 Å². The van der Waals surface area contributed by atoms with Gasteiger partial charge in [-0.2, -0.15) is 12.6 Å². The van der Waals surface area contributed by atoms with Crippen LogP contribution in [-0.4, -0.2) is 84.3 Å². The zero-order valence-electron chi connectivity index (χ0n) is 29.4. The number of benzene rings is 1. The van der Waals surface area contributed by atoms with Gasteiger partial charge in [0.05, 0.1) is 12.0 Å². The van der Waals surface area contributed by atoms with Gasteiger partial charge in [0.2, 0.25) is 17.7 Å². The van der Waals surface area contributed by atoms with E-state index in [0.29, 0.717) is 24.1 Å². The summed E-state index contributed by atoms with van der Waals surface area (Å²) in [4.78, 5) is 75.8. The third kappa shape index (κ3) is 17.2. The van der Waals surface area contributed by atoms with Gasteiger partial charge in [0.1, 0.15) is 25.3 Å². The molecule has 6 N–H and O–H groups in total. The Morgan fingerprint density at radius 1 is 0.938 bits per heavy atom. The summed E-state index contributed by atoms with van der Waals surface area (Å²) in [6.45, 7) is 13.0. The molecule has 0 aromatic heterocycles. The zero-order chi connectivity index (χ0) is 36.7. The molecule has 0 bridgehead atoms. The van der Waals surface area contributed by atoms with Crippen LogP contribution in [0, 0.1) is 11.3 Å². The lowest BCUT2D eigenvalue weighted by atomic mass is 9.97. The third-order valence-electron chi connectivity index (χ3n) is 7.00. The van der Waals surface area contributed by atoms with Gasteiger partial charge in [-0.15, -0.1) is 0 Å². The smallest absolute Gasteiger partial charge is 0.409 e. The number of carbonyl (C=O) groups is 6. The third-order valence-corrected chi connectivity index (χ3v) is 7.22. The van der Waals surface area contributed by atoms with Crippen LogP contribution in [0.5, 0.6) is 0 Å². The highest BCUT2D eigenvalue weighted by Gasteiger charge is 2.29. The highest BCUT2D eigenvalue weighted by atomic mass is 32.1.